The summed E-state index contributed by atoms with van der Waals surface area (Å²) in [6, 6.07) is 3.10. The third-order valence-electron chi connectivity index (χ3n) is 4.64. The van der Waals surface area contributed by atoms with E-state index in [1.807, 2.05) is 0 Å². The van der Waals surface area contributed by atoms with Crippen LogP contribution in [-0.4, -0.2) is 19.9 Å². The first-order valence-corrected chi connectivity index (χ1v) is 8.94. The van der Waals surface area contributed by atoms with Gasteiger partial charge in [-0.15, -0.1) is 0 Å². The van der Waals surface area contributed by atoms with Gasteiger partial charge in [0.25, 0.3) is 0 Å². The highest BCUT2D eigenvalue weighted by Crippen LogP contribution is 2.38. The van der Waals surface area contributed by atoms with Crippen LogP contribution in [0, 0.1) is 36.1 Å². The molecule has 30 heavy (non-hydrogen) atoms. The average Bonchev–Trinajstić information content (AvgIpc) is 2.70. The van der Waals surface area contributed by atoms with Gasteiger partial charge in [-0.25, -0.2) is 13.2 Å². The number of hydrogen-bond acceptors (Lipinski definition) is 3. The highest BCUT2D eigenvalue weighted by atomic mass is 19.3. The molecule has 1 heterocycles. The molecule has 1 fully saturated rings. The Bertz CT molecular complexity index is 912. The predicted octanol–water partition coefficient (Wildman–Crippen LogP) is 5.70. The smallest absolute Gasteiger partial charge is 0.426 e. The molecule has 0 N–H and O–H groups in total. The third-order valence-corrected chi connectivity index (χ3v) is 4.64. The van der Waals surface area contributed by atoms with E-state index in [4.69, 9.17) is 9.47 Å². The lowest BCUT2D eigenvalue weighted by atomic mass is 10.1. The van der Waals surface area contributed by atoms with E-state index in [1.54, 1.807) is 0 Å². The van der Waals surface area contributed by atoms with Gasteiger partial charge < -0.3 is 14.2 Å². The van der Waals surface area contributed by atoms with Crippen molar-refractivity contribution in [3.63, 3.8) is 0 Å². The van der Waals surface area contributed by atoms with E-state index in [0.29, 0.717) is 12.1 Å². The molecule has 1 aliphatic rings. The lowest BCUT2D eigenvalue weighted by Gasteiger charge is -2.29. The minimum atomic E-state index is -4.48. The number of halogens is 7. The maximum atomic E-state index is 14.4. The van der Waals surface area contributed by atoms with Crippen LogP contribution >= 0.6 is 0 Å². The van der Waals surface area contributed by atoms with Crippen molar-refractivity contribution in [1.29, 1.82) is 0 Å². The summed E-state index contributed by atoms with van der Waals surface area (Å²) in [5.41, 5.74) is -2.09. The standard InChI is InChI=1S/C20H17F7O3/c1-10-2-4-13(17(24)15(10)22)20(26,27)30-14-5-3-12(16(23)18(14)25)19-28-8-11(6-7-21)9-29-19/h2-5,11,19H,6-9H2,1H3. The molecule has 0 aromatic heterocycles. The minimum Gasteiger partial charge on any atom is -0.426 e. The molecule has 10 heteroatoms. The highest BCUT2D eigenvalue weighted by Gasteiger charge is 2.40. The molecule has 0 unspecified atom stereocenters. The second kappa shape index (κ2) is 8.81. The van der Waals surface area contributed by atoms with Crippen LogP contribution in [0.3, 0.4) is 0 Å². The van der Waals surface area contributed by atoms with Crippen LogP contribution in [0.2, 0.25) is 0 Å². The number of hydrogen-bond donors (Lipinski definition) is 0. The van der Waals surface area contributed by atoms with Crippen LogP contribution in [0.15, 0.2) is 24.3 Å². The molecule has 0 aliphatic carbocycles. The van der Waals surface area contributed by atoms with Crippen LogP contribution in [0.1, 0.15) is 29.4 Å². The van der Waals surface area contributed by atoms with Gasteiger partial charge in [0.2, 0.25) is 5.82 Å². The normalized spacial score (nSPS) is 19.7. The Morgan fingerprint density at radius 3 is 2.23 bits per heavy atom. The van der Waals surface area contributed by atoms with Crippen molar-refractivity contribution in [2.24, 2.45) is 5.92 Å². The zero-order chi connectivity index (χ0) is 22.1. The average molecular weight is 438 g/mol. The summed E-state index contributed by atoms with van der Waals surface area (Å²) in [7, 11) is 0. The zero-order valence-electron chi connectivity index (χ0n) is 15.7. The molecule has 0 bridgehead atoms. The van der Waals surface area contributed by atoms with E-state index in [9.17, 15) is 30.7 Å². The summed E-state index contributed by atoms with van der Waals surface area (Å²) in [6.07, 6.45) is -5.61. The van der Waals surface area contributed by atoms with Gasteiger partial charge in [-0.2, -0.15) is 13.2 Å². The monoisotopic (exact) mass is 438 g/mol. The van der Waals surface area contributed by atoms with Gasteiger partial charge in [0.1, 0.15) is 5.56 Å². The van der Waals surface area contributed by atoms with E-state index < -0.39 is 59.2 Å². The summed E-state index contributed by atoms with van der Waals surface area (Å²) in [5, 5.41) is 0. The Morgan fingerprint density at radius 2 is 1.60 bits per heavy atom. The van der Waals surface area contributed by atoms with E-state index in [-0.39, 0.29) is 31.1 Å². The van der Waals surface area contributed by atoms with Crippen LogP contribution in [0.25, 0.3) is 0 Å². The summed E-state index contributed by atoms with van der Waals surface area (Å²) in [4.78, 5) is 0. The van der Waals surface area contributed by atoms with Gasteiger partial charge in [-0.05, 0) is 37.1 Å². The molecule has 1 aliphatic heterocycles. The molecule has 2 aromatic carbocycles. The second-order valence-corrected chi connectivity index (χ2v) is 6.80. The van der Waals surface area contributed by atoms with Crippen LogP contribution < -0.4 is 4.74 Å². The summed E-state index contributed by atoms with van der Waals surface area (Å²) >= 11 is 0. The van der Waals surface area contributed by atoms with Crippen molar-refractivity contribution in [2.45, 2.75) is 25.7 Å². The molecule has 0 atom stereocenters. The Kier molecular flexibility index (Phi) is 6.56. The number of rotatable bonds is 6. The lowest BCUT2D eigenvalue weighted by Crippen LogP contribution is -2.28. The van der Waals surface area contributed by atoms with Crippen molar-refractivity contribution in [2.75, 3.05) is 19.9 Å². The molecular weight excluding hydrogens is 421 g/mol. The summed E-state index contributed by atoms with van der Waals surface area (Å²) < 4.78 is 112. The Morgan fingerprint density at radius 1 is 0.933 bits per heavy atom. The van der Waals surface area contributed by atoms with Gasteiger partial charge in [0.05, 0.1) is 19.9 Å². The number of alkyl halides is 3. The first-order chi connectivity index (χ1) is 14.2. The van der Waals surface area contributed by atoms with E-state index >= 15 is 0 Å². The van der Waals surface area contributed by atoms with Crippen LogP contribution in [0.4, 0.5) is 30.7 Å². The fourth-order valence-electron chi connectivity index (χ4n) is 2.92. The molecule has 3 nitrogen and oxygen atoms in total. The van der Waals surface area contributed by atoms with Crippen LogP contribution in [0.5, 0.6) is 5.75 Å². The molecule has 0 amide bonds. The van der Waals surface area contributed by atoms with Gasteiger partial charge in [0.15, 0.2) is 29.5 Å². The van der Waals surface area contributed by atoms with E-state index in [0.717, 1.165) is 12.1 Å². The quantitative estimate of drug-likeness (QED) is 0.542. The molecule has 0 saturated carbocycles. The Balaban J connectivity index is 1.81. The molecule has 1 saturated heterocycles. The SMILES string of the molecule is Cc1ccc(C(F)(F)Oc2ccc(C3OCC(CCF)CO3)c(F)c2F)c(F)c1F. The Labute approximate surface area is 167 Å². The van der Waals surface area contributed by atoms with Crippen molar-refractivity contribution in [3.8, 4) is 5.75 Å². The maximum Gasteiger partial charge on any atom is 0.429 e. The fraction of sp³-hybridized carbons (Fsp3) is 0.400. The van der Waals surface area contributed by atoms with Gasteiger partial charge in [-0.3, -0.25) is 4.39 Å². The third kappa shape index (κ3) is 4.39. The van der Waals surface area contributed by atoms with Gasteiger partial charge >= 0.3 is 6.11 Å². The lowest BCUT2D eigenvalue weighted by molar-refractivity contribution is -0.207. The molecule has 2 aromatic rings. The van der Waals surface area contributed by atoms with Crippen molar-refractivity contribution in [3.05, 3.63) is 64.2 Å². The number of ether oxygens (including phenoxy) is 3. The van der Waals surface area contributed by atoms with Crippen molar-refractivity contribution in [1.82, 2.24) is 0 Å². The van der Waals surface area contributed by atoms with Crippen molar-refractivity contribution < 1.29 is 44.9 Å². The van der Waals surface area contributed by atoms with Gasteiger partial charge in [-0.1, -0.05) is 6.07 Å². The largest absolute Gasteiger partial charge is 0.429 e. The highest BCUT2D eigenvalue weighted by molar-refractivity contribution is 5.34. The number of benzene rings is 2. The number of aryl methyl sites for hydroxylation is 1. The fourth-order valence-corrected chi connectivity index (χ4v) is 2.92. The Hall–Kier alpha value is -2.33. The maximum absolute atomic E-state index is 14.4. The first kappa shape index (κ1) is 22.4. The van der Waals surface area contributed by atoms with E-state index in [2.05, 4.69) is 4.74 Å². The first-order valence-electron chi connectivity index (χ1n) is 8.94. The minimum absolute atomic E-state index is 0.0459. The van der Waals surface area contributed by atoms with Gasteiger partial charge in [0, 0.05) is 11.5 Å². The zero-order valence-corrected chi connectivity index (χ0v) is 15.7. The van der Waals surface area contributed by atoms with E-state index in [1.165, 1.54) is 6.92 Å². The molecule has 164 valence electrons. The molecule has 3 rings (SSSR count). The van der Waals surface area contributed by atoms with Crippen LogP contribution in [-0.2, 0) is 15.6 Å². The topological polar surface area (TPSA) is 27.7 Å². The molecule has 0 radical (unpaired) electrons. The molecule has 0 spiro atoms. The second-order valence-electron chi connectivity index (χ2n) is 6.80. The predicted molar refractivity (Wildman–Crippen MR) is 90.7 cm³/mol. The summed E-state index contributed by atoms with van der Waals surface area (Å²) in [6.45, 7) is 0.676. The summed E-state index contributed by atoms with van der Waals surface area (Å²) in [5.74, 6) is -8.16. The molecular formula is C20H17F7O3. The van der Waals surface area contributed by atoms with Crippen molar-refractivity contribution >= 4 is 0 Å².